The number of amides is 1. The summed E-state index contributed by atoms with van der Waals surface area (Å²) in [7, 11) is 0. The van der Waals surface area contributed by atoms with Gasteiger partial charge in [-0.25, -0.2) is 15.0 Å². The van der Waals surface area contributed by atoms with Crippen LogP contribution >= 0.6 is 0 Å². The number of para-hydroxylation sites is 1. The third-order valence-electron chi connectivity index (χ3n) is 4.51. The summed E-state index contributed by atoms with van der Waals surface area (Å²) < 4.78 is 0. The van der Waals surface area contributed by atoms with Gasteiger partial charge in [-0.2, -0.15) is 0 Å². The number of hydrogen-bond acceptors (Lipinski definition) is 5. The van der Waals surface area contributed by atoms with Crippen LogP contribution in [0.15, 0.2) is 61.1 Å². The van der Waals surface area contributed by atoms with E-state index in [4.69, 9.17) is 0 Å². The maximum Gasteiger partial charge on any atom is 0.254 e. The molecular weight excluding hydrogens is 352 g/mol. The number of rotatable bonds is 6. The first-order valence-corrected chi connectivity index (χ1v) is 9.05. The molecule has 0 saturated carbocycles. The number of carbonyl (C=O) groups is 1. The lowest BCUT2D eigenvalue weighted by atomic mass is 10.1. The second kappa shape index (κ2) is 7.87. The van der Waals surface area contributed by atoms with Crippen LogP contribution in [-0.4, -0.2) is 32.4 Å². The largest absolute Gasteiger partial charge is 0.358 e. The van der Waals surface area contributed by atoms with Gasteiger partial charge in [0.15, 0.2) is 0 Å². The SMILES string of the molecule is Cc1[nH]c2ccccc2c1CCNC(=O)c1cnc(Nc2ccccn2)nc1. The van der Waals surface area contributed by atoms with E-state index in [-0.39, 0.29) is 5.91 Å². The zero-order chi connectivity index (χ0) is 19.3. The van der Waals surface area contributed by atoms with Crippen LogP contribution in [-0.2, 0) is 6.42 Å². The summed E-state index contributed by atoms with van der Waals surface area (Å²) in [6.45, 7) is 2.59. The molecule has 1 amide bonds. The summed E-state index contributed by atoms with van der Waals surface area (Å²) in [4.78, 5) is 28.2. The molecule has 1 aromatic carbocycles. The van der Waals surface area contributed by atoms with E-state index in [0.717, 1.165) is 17.6 Å². The summed E-state index contributed by atoms with van der Waals surface area (Å²) in [6, 6.07) is 13.7. The molecule has 0 aliphatic heterocycles. The van der Waals surface area contributed by atoms with Crippen LogP contribution in [0.25, 0.3) is 10.9 Å². The number of anilines is 2. The fourth-order valence-corrected chi connectivity index (χ4v) is 3.12. The molecule has 4 aromatic rings. The number of carbonyl (C=O) groups excluding carboxylic acids is 1. The Hall–Kier alpha value is -3.74. The highest BCUT2D eigenvalue weighted by Gasteiger charge is 2.10. The number of nitrogens with zero attached hydrogens (tertiary/aromatic N) is 3. The van der Waals surface area contributed by atoms with Crippen LogP contribution in [0.4, 0.5) is 11.8 Å². The molecule has 0 bridgehead atoms. The lowest BCUT2D eigenvalue weighted by Gasteiger charge is -2.07. The Morgan fingerprint density at radius 2 is 1.82 bits per heavy atom. The normalized spacial score (nSPS) is 10.8. The Morgan fingerprint density at radius 1 is 1.04 bits per heavy atom. The second-order valence-corrected chi connectivity index (χ2v) is 6.42. The first kappa shape index (κ1) is 17.7. The number of aromatic nitrogens is 4. The van der Waals surface area contributed by atoms with Gasteiger partial charge in [-0.05, 0) is 37.1 Å². The highest BCUT2D eigenvalue weighted by molar-refractivity contribution is 5.93. The van der Waals surface area contributed by atoms with Crippen LogP contribution in [0.2, 0.25) is 0 Å². The highest BCUT2D eigenvalue weighted by atomic mass is 16.1. The van der Waals surface area contributed by atoms with Crippen molar-refractivity contribution in [3.8, 4) is 0 Å². The topological polar surface area (TPSA) is 95.6 Å². The minimum absolute atomic E-state index is 0.193. The molecule has 140 valence electrons. The fourth-order valence-electron chi connectivity index (χ4n) is 3.12. The minimum Gasteiger partial charge on any atom is -0.358 e. The quantitative estimate of drug-likeness (QED) is 0.482. The van der Waals surface area contributed by atoms with Crippen molar-refractivity contribution in [1.82, 2.24) is 25.3 Å². The van der Waals surface area contributed by atoms with E-state index in [2.05, 4.69) is 49.6 Å². The van der Waals surface area contributed by atoms with Crippen LogP contribution in [0, 0.1) is 6.92 Å². The maximum absolute atomic E-state index is 12.4. The average molecular weight is 372 g/mol. The first-order chi connectivity index (χ1) is 13.7. The zero-order valence-corrected chi connectivity index (χ0v) is 15.4. The standard InChI is InChI=1S/C21H20N6O/c1-14-16(17-6-2-3-7-18(17)26-14)9-11-23-20(28)15-12-24-21(25-13-15)27-19-8-4-5-10-22-19/h2-8,10,12-13,26H,9,11H2,1H3,(H,23,28)(H,22,24,25,27). The van der Waals surface area contributed by atoms with Crippen LogP contribution in [0.3, 0.4) is 0 Å². The van der Waals surface area contributed by atoms with E-state index in [0.29, 0.717) is 23.9 Å². The van der Waals surface area contributed by atoms with Crippen LogP contribution in [0.1, 0.15) is 21.6 Å². The summed E-state index contributed by atoms with van der Waals surface area (Å²) in [5.74, 6) is 0.848. The molecule has 0 aliphatic rings. The molecule has 28 heavy (non-hydrogen) atoms. The molecule has 3 heterocycles. The predicted octanol–water partition coefficient (Wildman–Crippen LogP) is 3.38. The highest BCUT2D eigenvalue weighted by Crippen LogP contribution is 2.21. The van der Waals surface area contributed by atoms with Gasteiger partial charge in [0.2, 0.25) is 5.95 Å². The van der Waals surface area contributed by atoms with E-state index in [9.17, 15) is 4.79 Å². The van der Waals surface area contributed by atoms with E-state index in [1.807, 2.05) is 30.3 Å². The maximum atomic E-state index is 12.4. The van der Waals surface area contributed by atoms with Crippen molar-refractivity contribution in [2.75, 3.05) is 11.9 Å². The summed E-state index contributed by atoms with van der Waals surface area (Å²) in [5.41, 5.74) is 3.89. The molecule has 7 nitrogen and oxygen atoms in total. The number of aromatic amines is 1. The van der Waals surface area contributed by atoms with E-state index < -0.39 is 0 Å². The molecule has 0 atom stereocenters. The van der Waals surface area contributed by atoms with Crippen molar-refractivity contribution in [3.05, 3.63) is 77.9 Å². The average Bonchev–Trinajstić information content (AvgIpc) is 3.04. The summed E-state index contributed by atoms with van der Waals surface area (Å²) >= 11 is 0. The molecule has 7 heteroatoms. The lowest BCUT2D eigenvalue weighted by Crippen LogP contribution is -2.26. The number of hydrogen-bond donors (Lipinski definition) is 3. The minimum atomic E-state index is -0.193. The smallest absolute Gasteiger partial charge is 0.254 e. The van der Waals surface area contributed by atoms with E-state index in [1.165, 1.54) is 23.3 Å². The van der Waals surface area contributed by atoms with Gasteiger partial charge in [0, 0.05) is 41.7 Å². The van der Waals surface area contributed by atoms with E-state index >= 15 is 0 Å². The Kier molecular flexibility index (Phi) is 4.97. The summed E-state index contributed by atoms with van der Waals surface area (Å²) in [6.07, 6.45) is 5.44. The van der Waals surface area contributed by atoms with Gasteiger partial charge in [0.05, 0.1) is 5.56 Å². The van der Waals surface area contributed by atoms with Gasteiger partial charge in [0.1, 0.15) is 5.82 Å². The van der Waals surface area contributed by atoms with Gasteiger partial charge in [-0.3, -0.25) is 4.79 Å². The number of H-pyrrole nitrogens is 1. The molecule has 3 N–H and O–H groups in total. The van der Waals surface area contributed by atoms with Crippen molar-refractivity contribution in [2.24, 2.45) is 0 Å². The number of fused-ring (bicyclic) bond motifs is 1. The number of aryl methyl sites for hydroxylation is 1. The molecule has 0 unspecified atom stereocenters. The number of benzene rings is 1. The van der Waals surface area contributed by atoms with E-state index in [1.54, 1.807) is 6.20 Å². The van der Waals surface area contributed by atoms with Crippen molar-refractivity contribution < 1.29 is 4.79 Å². The Morgan fingerprint density at radius 3 is 2.61 bits per heavy atom. The third-order valence-corrected chi connectivity index (χ3v) is 4.51. The Bertz CT molecular complexity index is 1090. The van der Waals surface area contributed by atoms with Crippen molar-refractivity contribution in [1.29, 1.82) is 0 Å². The molecule has 4 rings (SSSR count). The molecule has 3 aromatic heterocycles. The van der Waals surface area contributed by atoms with Gasteiger partial charge in [0.25, 0.3) is 5.91 Å². The van der Waals surface area contributed by atoms with Gasteiger partial charge >= 0.3 is 0 Å². The fraction of sp³-hybridized carbons (Fsp3) is 0.143. The van der Waals surface area contributed by atoms with Crippen LogP contribution < -0.4 is 10.6 Å². The van der Waals surface area contributed by atoms with Gasteiger partial charge in [-0.1, -0.05) is 24.3 Å². The van der Waals surface area contributed by atoms with Crippen molar-refractivity contribution in [2.45, 2.75) is 13.3 Å². The molecule has 0 aliphatic carbocycles. The van der Waals surface area contributed by atoms with Gasteiger partial charge < -0.3 is 15.6 Å². The molecule has 0 saturated heterocycles. The zero-order valence-electron chi connectivity index (χ0n) is 15.4. The monoisotopic (exact) mass is 372 g/mol. The molecular formula is C21H20N6O. The summed E-state index contributed by atoms with van der Waals surface area (Å²) in [5, 5.41) is 7.12. The van der Waals surface area contributed by atoms with Crippen LogP contribution in [0.5, 0.6) is 0 Å². The Balaban J connectivity index is 1.35. The Labute approximate surface area is 162 Å². The number of nitrogens with one attached hydrogen (secondary N) is 3. The number of pyridine rings is 1. The van der Waals surface area contributed by atoms with Crippen molar-refractivity contribution >= 4 is 28.6 Å². The van der Waals surface area contributed by atoms with Crippen molar-refractivity contribution in [3.63, 3.8) is 0 Å². The lowest BCUT2D eigenvalue weighted by molar-refractivity contribution is 0.0953. The second-order valence-electron chi connectivity index (χ2n) is 6.42. The molecule has 0 fully saturated rings. The molecule has 0 spiro atoms. The molecule has 0 radical (unpaired) electrons. The third kappa shape index (κ3) is 3.83. The first-order valence-electron chi connectivity index (χ1n) is 9.05. The predicted molar refractivity (Wildman–Crippen MR) is 109 cm³/mol. The van der Waals surface area contributed by atoms with Gasteiger partial charge in [-0.15, -0.1) is 0 Å².